The van der Waals surface area contributed by atoms with E-state index in [0.29, 0.717) is 23.1 Å². The molecule has 1 aromatic carbocycles. The van der Waals surface area contributed by atoms with Crippen LogP contribution in [0.25, 0.3) is 0 Å². The molecule has 0 saturated heterocycles. The van der Waals surface area contributed by atoms with Gasteiger partial charge in [0.2, 0.25) is 0 Å². The third kappa shape index (κ3) is 8.66. The second kappa shape index (κ2) is 13.7. The van der Waals surface area contributed by atoms with Crippen molar-refractivity contribution < 1.29 is 14.2 Å². The minimum absolute atomic E-state index is 0. The van der Waals surface area contributed by atoms with Crippen molar-refractivity contribution in [2.45, 2.75) is 39.7 Å². The molecule has 1 aromatic rings. The summed E-state index contributed by atoms with van der Waals surface area (Å²) >= 11 is 6.25. The van der Waals surface area contributed by atoms with E-state index in [4.69, 9.17) is 25.8 Å². The molecule has 0 aliphatic rings. The van der Waals surface area contributed by atoms with Gasteiger partial charge in [0, 0.05) is 19.8 Å². The molecule has 0 aromatic heterocycles. The van der Waals surface area contributed by atoms with Crippen molar-refractivity contribution in [3.63, 3.8) is 0 Å². The van der Waals surface area contributed by atoms with Crippen molar-refractivity contribution in [1.82, 2.24) is 5.32 Å². The predicted octanol–water partition coefficient (Wildman–Crippen LogP) is 4.47. The van der Waals surface area contributed by atoms with E-state index in [2.05, 4.69) is 12.2 Å². The molecule has 0 unspecified atom stereocenters. The Hall–Kier alpha value is -0.680. The molecule has 0 bridgehead atoms. The van der Waals surface area contributed by atoms with Crippen molar-refractivity contribution in [2.24, 2.45) is 0 Å². The summed E-state index contributed by atoms with van der Waals surface area (Å²) in [6.45, 7) is 7.99. The first-order valence-electron chi connectivity index (χ1n) is 8.00. The summed E-state index contributed by atoms with van der Waals surface area (Å²) in [6.07, 6.45) is 3.32. The van der Waals surface area contributed by atoms with Crippen LogP contribution in [0.3, 0.4) is 0 Å². The van der Waals surface area contributed by atoms with Gasteiger partial charge < -0.3 is 19.5 Å². The molecule has 0 heterocycles. The zero-order valence-electron chi connectivity index (χ0n) is 14.3. The number of unbranched alkanes of at least 4 members (excludes halogenated alkanes) is 1. The highest BCUT2D eigenvalue weighted by atomic mass is 35.5. The van der Waals surface area contributed by atoms with Gasteiger partial charge in [0.05, 0.1) is 18.7 Å². The molecule has 0 aliphatic heterocycles. The van der Waals surface area contributed by atoms with Crippen LogP contribution in [0.2, 0.25) is 5.02 Å². The lowest BCUT2D eigenvalue weighted by atomic mass is 10.2. The van der Waals surface area contributed by atoms with Crippen LogP contribution in [0.5, 0.6) is 11.5 Å². The maximum atomic E-state index is 6.25. The molecule has 134 valence electrons. The summed E-state index contributed by atoms with van der Waals surface area (Å²) in [4.78, 5) is 0. The largest absolute Gasteiger partial charge is 0.493 e. The summed E-state index contributed by atoms with van der Waals surface area (Å²) < 4.78 is 16.4. The third-order valence-corrected chi connectivity index (χ3v) is 3.47. The second-order valence-electron chi connectivity index (χ2n) is 5.04. The van der Waals surface area contributed by atoms with Crippen LogP contribution in [-0.4, -0.2) is 33.5 Å². The van der Waals surface area contributed by atoms with Gasteiger partial charge in [0.1, 0.15) is 0 Å². The number of hydrogen-bond acceptors (Lipinski definition) is 4. The van der Waals surface area contributed by atoms with Crippen molar-refractivity contribution in [3.05, 3.63) is 22.7 Å². The molecule has 0 aliphatic carbocycles. The molecule has 0 amide bonds. The highest BCUT2D eigenvalue weighted by molar-refractivity contribution is 6.32. The third-order valence-electron chi connectivity index (χ3n) is 3.19. The minimum atomic E-state index is 0. The Morgan fingerprint density at radius 1 is 1.13 bits per heavy atom. The molecular weight excluding hydrogens is 337 g/mol. The number of benzene rings is 1. The summed E-state index contributed by atoms with van der Waals surface area (Å²) in [7, 11) is 1.62. The Bertz CT molecular complexity index is 431. The lowest BCUT2D eigenvalue weighted by Crippen LogP contribution is -2.16. The molecule has 23 heavy (non-hydrogen) atoms. The van der Waals surface area contributed by atoms with Crippen LogP contribution in [0.4, 0.5) is 0 Å². The quantitative estimate of drug-likeness (QED) is 0.554. The molecule has 6 heteroatoms. The predicted molar refractivity (Wildman–Crippen MR) is 98.5 cm³/mol. The minimum Gasteiger partial charge on any atom is -0.493 e. The van der Waals surface area contributed by atoms with Gasteiger partial charge in [-0.2, -0.15) is 0 Å². The lowest BCUT2D eigenvalue weighted by molar-refractivity contribution is 0.129. The number of halogens is 2. The van der Waals surface area contributed by atoms with Gasteiger partial charge in [-0.15, -0.1) is 12.4 Å². The summed E-state index contributed by atoms with van der Waals surface area (Å²) in [6, 6.07) is 3.88. The average molecular weight is 366 g/mol. The van der Waals surface area contributed by atoms with Crippen LogP contribution < -0.4 is 14.8 Å². The van der Waals surface area contributed by atoms with Crippen molar-refractivity contribution in [1.29, 1.82) is 0 Å². The van der Waals surface area contributed by atoms with Crippen LogP contribution in [0.15, 0.2) is 12.1 Å². The van der Waals surface area contributed by atoms with E-state index in [0.717, 1.165) is 44.7 Å². The van der Waals surface area contributed by atoms with Gasteiger partial charge in [0.25, 0.3) is 0 Å². The first-order chi connectivity index (χ1) is 10.7. The number of rotatable bonds is 12. The Kier molecular flexibility index (Phi) is 13.3. The zero-order chi connectivity index (χ0) is 16.2. The van der Waals surface area contributed by atoms with E-state index in [1.54, 1.807) is 7.11 Å². The molecule has 1 N–H and O–H groups in total. The molecule has 0 fully saturated rings. The van der Waals surface area contributed by atoms with Crippen molar-refractivity contribution >= 4 is 24.0 Å². The SMILES string of the molecule is CCCCOCCCNCc1cc(Cl)c(OCC)c(OC)c1.Cl. The lowest BCUT2D eigenvalue weighted by Gasteiger charge is -2.13. The number of ether oxygens (including phenoxy) is 3. The molecule has 0 saturated carbocycles. The normalized spacial score (nSPS) is 10.3. The highest BCUT2D eigenvalue weighted by Gasteiger charge is 2.11. The summed E-state index contributed by atoms with van der Waals surface area (Å²) in [5.41, 5.74) is 1.08. The van der Waals surface area contributed by atoms with E-state index in [1.165, 1.54) is 6.42 Å². The molecule has 4 nitrogen and oxygen atoms in total. The number of nitrogens with one attached hydrogen (secondary N) is 1. The Morgan fingerprint density at radius 3 is 2.52 bits per heavy atom. The van der Waals surface area contributed by atoms with Gasteiger partial charge in [0.15, 0.2) is 11.5 Å². The van der Waals surface area contributed by atoms with Gasteiger partial charge in [-0.05, 0) is 44.0 Å². The molecule has 0 spiro atoms. The molecular formula is C17H29Cl2NO3. The van der Waals surface area contributed by atoms with Crippen molar-refractivity contribution in [2.75, 3.05) is 33.5 Å². The van der Waals surface area contributed by atoms with Crippen molar-refractivity contribution in [3.8, 4) is 11.5 Å². The average Bonchev–Trinajstić information content (AvgIpc) is 2.52. The van der Waals surface area contributed by atoms with Gasteiger partial charge in [-0.1, -0.05) is 24.9 Å². The van der Waals surface area contributed by atoms with Gasteiger partial charge in [-0.25, -0.2) is 0 Å². The fourth-order valence-corrected chi connectivity index (χ4v) is 2.33. The van der Waals surface area contributed by atoms with E-state index in [1.807, 2.05) is 19.1 Å². The van der Waals surface area contributed by atoms with Crippen LogP contribution in [-0.2, 0) is 11.3 Å². The Balaban J connectivity index is 0.00000484. The second-order valence-corrected chi connectivity index (χ2v) is 5.45. The van der Waals surface area contributed by atoms with E-state index in [9.17, 15) is 0 Å². The highest BCUT2D eigenvalue weighted by Crippen LogP contribution is 2.36. The van der Waals surface area contributed by atoms with Gasteiger partial charge >= 0.3 is 0 Å². The molecule has 0 radical (unpaired) electrons. The van der Waals surface area contributed by atoms with E-state index < -0.39 is 0 Å². The topological polar surface area (TPSA) is 39.7 Å². The van der Waals surface area contributed by atoms with Crippen LogP contribution in [0, 0.1) is 0 Å². The number of methoxy groups -OCH3 is 1. The van der Waals surface area contributed by atoms with Crippen LogP contribution >= 0.6 is 24.0 Å². The zero-order valence-corrected chi connectivity index (χ0v) is 15.9. The first-order valence-corrected chi connectivity index (χ1v) is 8.38. The monoisotopic (exact) mass is 365 g/mol. The standard InChI is InChI=1S/C17H28ClNO3.ClH/c1-4-6-9-21-10-7-8-19-13-14-11-15(18)17(22-5-2)16(12-14)20-3;/h11-12,19H,4-10,13H2,1-3H3;1H. The Morgan fingerprint density at radius 2 is 1.87 bits per heavy atom. The summed E-state index contributed by atoms with van der Waals surface area (Å²) in [5.74, 6) is 1.29. The number of hydrogen-bond donors (Lipinski definition) is 1. The smallest absolute Gasteiger partial charge is 0.179 e. The Labute approximate surface area is 151 Å². The molecule has 0 atom stereocenters. The maximum absolute atomic E-state index is 6.25. The maximum Gasteiger partial charge on any atom is 0.179 e. The molecule has 1 rings (SSSR count). The van der Waals surface area contributed by atoms with Crippen LogP contribution in [0.1, 0.15) is 38.7 Å². The fraction of sp³-hybridized carbons (Fsp3) is 0.647. The fourth-order valence-electron chi connectivity index (χ4n) is 2.04. The first kappa shape index (κ1) is 22.3. The van der Waals surface area contributed by atoms with E-state index in [-0.39, 0.29) is 12.4 Å². The summed E-state index contributed by atoms with van der Waals surface area (Å²) in [5, 5.41) is 3.97. The van der Waals surface area contributed by atoms with Gasteiger partial charge in [-0.3, -0.25) is 0 Å². The van der Waals surface area contributed by atoms with E-state index >= 15 is 0 Å².